The van der Waals surface area contributed by atoms with E-state index in [4.69, 9.17) is 9.47 Å². The highest BCUT2D eigenvalue weighted by Crippen LogP contribution is 2.33. The van der Waals surface area contributed by atoms with Crippen LogP contribution in [0.15, 0.2) is 83.8 Å². The summed E-state index contributed by atoms with van der Waals surface area (Å²) in [4.78, 5) is 28.7. The van der Waals surface area contributed by atoms with Crippen LogP contribution in [0, 0.1) is 0 Å². The molecule has 9 nitrogen and oxygen atoms in total. The van der Waals surface area contributed by atoms with Crippen LogP contribution < -0.4 is 19.1 Å². The van der Waals surface area contributed by atoms with Crippen molar-refractivity contribution < 1.29 is 27.5 Å². The first-order chi connectivity index (χ1) is 19.4. The number of amides is 2. The second-order valence-corrected chi connectivity index (χ2v) is 12.4. The summed E-state index contributed by atoms with van der Waals surface area (Å²) in [5.74, 6) is 0.0649. The Morgan fingerprint density at radius 2 is 1.54 bits per heavy atom. The molecule has 41 heavy (non-hydrogen) atoms. The first-order valence-corrected chi connectivity index (χ1v) is 14.9. The van der Waals surface area contributed by atoms with E-state index < -0.39 is 34.1 Å². The molecule has 0 heterocycles. The average molecular weight is 582 g/mol. The molecule has 0 aliphatic carbocycles. The number of nitrogens with zero attached hydrogens (tertiary/aromatic N) is 2. The highest BCUT2D eigenvalue weighted by molar-refractivity contribution is 7.92. The molecule has 1 atom stereocenters. The predicted molar refractivity (Wildman–Crippen MR) is 159 cm³/mol. The number of benzene rings is 3. The largest absolute Gasteiger partial charge is 0.497 e. The van der Waals surface area contributed by atoms with Crippen LogP contribution in [0.4, 0.5) is 5.69 Å². The molecule has 0 bridgehead atoms. The minimum atomic E-state index is -4.19. The molecule has 10 heteroatoms. The van der Waals surface area contributed by atoms with E-state index >= 15 is 0 Å². The number of anilines is 1. The number of hydrogen-bond acceptors (Lipinski definition) is 6. The van der Waals surface area contributed by atoms with Crippen molar-refractivity contribution in [2.45, 2.75) is 57.6 Å². The van der Waals surface area contributed by atoms with Crippen LogP contribution in [0.3, 0.4) is 0 Å². The standard InChI is InChI=1S/C31H39N3O6S/c1-7-40-28-16-12-11-15-27(28)34(41(37,38)26-13-9-8-10-14-26)22-29(35)33(23(2)30(36)32-31(3,4)5)21-24-17-19-25(39-6)20-18-24/h8-20,23H,7,21-22H2,1-6H3,(H,32,36)/t23-/m0/s1. The van der Waals surface area contributed by atoms with Crippen LogP contribution in [0.25, 0.3) is 0 Å². The highest BCUT2D eigenvalue weighted by atomic mass is 32.2. The summed E-state index contributed by atoms with van der Waals surface area (Å²) >= 11 is 0. The zero-order valence-electron chi connectivity index (χ0n) is 24.5. The van der Waals surface area contributed by atoms with Crippen molar-refractivity contribution in [1.82, 2.24) is 10.2 Å². The number of carbonyl (C=O) groups is 2. The van der Waals surface area contributed by atoms with Gasteiger partial charge in [0.25, 0.3) is 10.0 Å². The quantitative estimate of drug-likeness (QED) is 0.335. The summed E-state index contributed by atoms with van der Waals surface area (Å²) in [5.41, 5.74) is 0.448. The lowest BCUT2D eigenvalue weighted by molar-refractivity contribution is -0.140. The van der Waals surface area contributed by atoms with Crippen LogP contribution in [-0.2, 0) is 26.2 Å². The Bertz CT molecular complexity index is 1420. The SMILES string of the molecule is CCOc1ccccc1N(CC(=O)N(Cc1ccc(OC)cc1)[C@@H](C)C(=O)NC(C)(C)C)S(=O)(=O)c1ccccc1. The summed E-state index contributed by atoms with van der Waals surface area (Å²) in [7, 11) is -2.63. The van der Waals surface area contributed by atoms with Gasteiger partial charge in [0, 0.05) is 12.1 Å². The van der Waals surface area contributed by atoms with Gasteiger partial charge in [0.1, 0.15) is 24.1 Å². The van der Waals surface area contributed by atoms with E-state index in [-0.39, 0.29) is 23.0 Å². The third-order valence-electron chi connectivity index (χ3n) is 6.22. The summed E-state index contributed by atoms with van der Waals surface area (Å²) in [6.07, 6.45) is 0. The minimum Gasteiger partial charge on any atom is -0.497 e. The maximum absolute atomic E-state index is 14.1. The van der Waals surface area contributed by atoms with Crippen molar-refractivity contribution in [3.8, 4) is 11.5 Å². The molecular formula is C31H39N3O6S. The van der Waals surface area contributed by atoms with E-state index in [1.54, 1.807) is 87.7 Å². The molecule has 2 amide bonds. The Kier molecular flexibility index (Phi) is 10.4. The maximum Gasteiger partial charge on any atom is 0.264 e. The van der Waals surface area contributed by atoms with Crippen LogP contribution in [-0.4, -0.2) is 57.0 Å². The van der Waals surface area contributed by atoms with Crippen molar-refractivity contribution in [1.29, 1.82) is 0 Å². The lowest BCUT2D eigenvalue weighted by atomic mass is 10.1. The fourth-order valence-electron chi connectivity index (χ4n) is 4.16. The Labute approximate surface area is 243 Å². The normalized spacial score (nSPS) is 12.2. The predicted octanol–water partition coefficient (Wildman–Crippen LogP) is 4.62. The molecule has 0 spiro atoms. The van der Waals surface area contributed by atoms with Crippen molar-refractivity contribution in [2.24, 2.45) is 0 Å². The van der Waals surface area contributed by atoms with Crippen molar-refractivity contribution in [3.63, 3.8) is 0 Å². The Hall–Kier alpha value is -4.05. The van der Waals surface area contributed by atoms with Crippen LogP contribution in [0.5, 0.6) is 11.5 Å². The molecule has 3 rings (SSSR count). The van der Waals surface area contributed by atoms with E-state index in [0.29, 0.717) is 18.1 Å². The highest BCUT2D eigenvalue weighted by Gasteiger charge is 2.34. The van der Waals surface area contributed by atoms with Gasteiger partial charge >= 0.3 is 0 Å². The third kappa shape index (κ3) is 8.23. The lowest BCUT2D eigenvalue weighted by Gasteiger charge is -2.33. The third-order valence-corrected chi connectivity index (χ3v) is 8.00. The van der Waals surface area contributed by atoms with Gasteiger partial charge in [-0.2, -0.15) is 0 Å². The van der Waals surface area contributed by atoms with E-state index in [0.717, 1.165) is 9.87 Å². The van der Waals surface area contributed by atoms with Gasteiger partial charge in [-0.15, -0.1) is 0 Å². The number of sulfonamides is 1. The van der Waals surface area contributed by atoms with Crippen LogP contribution in [0.1, 0.15) is 40.2 Å². The Morgan fingerprint density at radius 1 is 0.927 bits per heavy atom. The van der Waals surface area contributed by atoms with Crippen molar-refractivity contribution >= 4 is 27.5 Å². The van der Waals surface area contributed by atoms with Crippen LogP contribution in [0.2, 0.25) is 0 Å². The van der Waals surface area contributed by atoms with Gasteiger partial charge in [-0.05, 0) is 76.6 Å². The molecule has 0 saturated heterocycles. The molecule has 0 unspecified atom stereocenters. The van der Waals surface area contributed by atoms with Crippen molar-refractivity contribution in [3.05, 3.63) is 84.4 Å². The van der Waals surface area contributed by atoms with Gasteiger partial charge < -0.3 is 19.7 Å². The topological polar surface area (TPSA) is 105 Å². The van der Waals surface area contributed by atoms with Gasteiger partial charge in [-0.3, -0.25) is 13.9 Å². The molecule has 1 N–H and O–H groups in total. The van der Waals surface area contributed by atoms with E-state index in [1.807, 2.05) is 20.8 Å². The average Bonchev–Trinajstić information content (AvgIpc) is 2.94. The zero-order chi connectivity index (χ0) is 30.2. The van der Waals surface area contributed by atoms with E-state index in [1.165, 1.54) is 17.0 Å². The molecule has 0 aliphatic rings. The Balaban J connectivity index is 2.07. The van der Waals surface area contributed by atoms with Gasteiger partial charge in [0.15, 0.2) is 0 Å². The minimum absolute atomic E-state index is 0.0272. The van der Waals surface area contributed by atoms with Crippen molar-refractivity contribution in [2.75, 3.05) is 24.6 Å². The molecule has 3 aromatic rings. The molecule has 220 valence electrons. The first-order valence-electron chi connectivity index (χ1n) is 13.4. The summed E-state index contributed by atoms with van der Waals surface area (Å²) in [5, 5.41) is 2.92. The number of para-hydroxylation sites is 2. The number of hydrogen-bond donors (Lipinski definition) is 1. The lowest BCUT2D eigenvalue weighted by Crippen LogP contribution is -2.54. The monoisotopic (exact) mass is 581 g/mol. The second kappa shape index (κ2) is 13.5. The van der Waals surface area contributed by atoms with Gasteiger partial charge in [0.05, 0.1) is 24.3 Å². The number of rotatable bonds is 12. The summed E-state index contributed by atoms with van der Waals surface area (Å²) < 4.78 is 40.0. The maximum atomic E-state index is 14.1. The molecule has 0 radical (unpaired) electrons. The molecule has 0 aromatic heterocycles. The molecule has 0 aliphatic heterocycles. The van der Waals surface area contributed by atoms with Gasteiger partial charge in [-0.25, -0.2) is 8.42 Å². The fraction of sp³-hybridized carbons (Fsp3) is 0.355. The molecule has 0 fully saturated rings. The second-order valence-electron chi connectivity index (χ2n) is 10.5. The van der Waals surface area contributed by atoms with E-state index in [2.05, 4.69) is 5.32 Å². The molecular weight excluding hydrogens is 542 g/mol. The van der Waals surface area contributed by atoms with Gasteiger partial charge in [-0.1, -0.05) is 42.5 Å². The number of nitrogens with one attached hydrogen (secondary N) is 1. The fourth-order valence-corrected chi connectivity index (χ4v) is 5.60. The van der Waals surface area contributed by atoms with Gasteiger partial charge in [0.2, 0.25) is 11.8 Å². The zero-order valence-corrected chi connectivity index (χ0v) is 25.3. The number of methoxy groups -OCH3 is 1. The Morgan fingerprint density at radius 3 is 2.12 bits per heavy atom. The molecule has 3 aromatic carbocycles. The number of carbonyl (C=O) groups excluding carboxylic acids is 2. The summed E-state index contributed by atoms with van der Waals surface area (Å²) in [6, 6.07) is 20.8. The van der Waals surface area contributed by atoms with E-state index in [9.17, 15) is 18.0 Å². The van der Waals surface area contributed by atoms with Crippen LogP contribution >= 0.6 is 0 Å². The summed E-state index contributed by atoms with van der Waals surface area (Å²) in [6.45, 7) is 8.82. The number of ether oxygens (including phenoxy) is 2. The smallest absolute Gasteiger partial charge is 0.264 e. The first kappa shape index (κ1) is 31.5. The molecule has 0 saturated carbocycles.